The van der Waals surface area contributed by atoms with E-state index >= 15 is 0 Å². The predicted molar refractivity (Wildman–Crippen MR) is 131 cm³/mol. The lowest BCUT2D eigenvalue weighted by atomic mass is 9.99. The summed E-state index contributed by atoms with van der Waals surface area (Å²) >= 11 is 12.4. The Labute approximate surface area is 197 Å². The molecule has 0 saturated heterocycles. The number of aryl methyl sites for hydroxylation is 4. The Kier molecular flexibility index (Phi) is 5.85. The highest BCUT2D eigenvalue weighted by Crippen LogP contribution is 2.36. The van der Waals surface area contributed by atoms with Crippen LogP contribution in [0.5, 0.6) is 0 Å². The molecule has 162 valence electrons. The summed E-state index contributed by atoms with van der Waals surface area (Å²) in [5, 5.41) is 4.29. The largest absolute Gasteiger partial charge is 0.350 e. The van der Waals surface area contributed by atoms with Crippen molar-refractivity contribution >= 4 is 52.0 Å². The number of anilines is 2. The van der Waals surface area contributed by atoms with Gasteiger partial charge >= 0.3 is 0 Å². The minimum Gasteiger partial charge on any atom is -0.350 e. The highest BCUT2D eigenvalue weighted by molar-refractivity contribution is 6.46. The Morgan fingerprint density at radius 2 is 1.44 bits per heavy atom. The van der Waals surface area contributed by atoms with Crippen LogP contribution >= 0.6 is 23.2 Å². The zero-order chi connectivity index (χ0) is 23.2. The molecule has 1 aliphatic heterocycles. The van der Waals surface area contributed by atoms with Crippen LogP contribution in [0, 0.1) is 27.7 Å². The number of imide groups is 1. The number of carbonyl (C=O) groups is 2. The number of hydrogen-bond acceptors (Lipinski definition) is 3. The van der Waals surface area contributed by atoms with E-state index in [0.29, 0.717) is 32.6 Å². The standard InChI is InChI=1S/C26H22Cl2N2O2/c1-14-5-7-18(11-16(14)3)23-24(29-22-10-8-19(27)12-17(22)4)26(32)30(25(23)31)20-9-6-15(2)21(28)13-20/h5-13,29H,1-4H3. The van der Waals surface area contributed by atoms with Crippen molar-refractivity contribution in [2.45, 2.75) is 27.7 Å². The molecule has 3 aromatic carbocycles. The maximum absolute atomic E-state index is 13.6. The van der Waals surface area contributed by atoms with E-state index in [1.54, 1.807) is 36.4 Å². The van der Waals surface area contributed by atoms with Crippen molar-refractivity contribution in [1.82, 2.24) is 0 Å². The van der Waals surface area contributed by atoms with E-state index in [-0.39, 0.29) is 5.70 Å². The summed E-state index contributed by atoms with van der Waals surface area (Å²) in [5.41, 5.74) is 6.24. The van der Waals surface area contributed by atoms with Crippen molar-refractivity contribution in [2.75, 3.05) is 10.2 Å². The Bertz CT molecular complexity index is 1310. The van der Waals surface area contributed by atoms with E-state index in [1.807, 2.05) is 45.9 Å². The van der Waals surface area contributed by atoms with Gasteiger partial charge in [0.2, 0.25) is 0 Å². The molecule has 0 aliphatic carbocycles. The molecule has 0 radical (unpaired) electrons. The second-order valence-corrected chi connectivity index (χ2v) is 8.86. The summed E-state index contributed by atoms with van der Waals surface area (Å²) in [4.78, 5) is 28.3. The van der Waals surface area contributed by atoms with Crippen molar-refractivity contribution in [1.29, 1.82) is 0 Å². The monoisotopic (exact) mass is 464 g/mol. The molecule has 0 aromatic heterocycles. The number of carbonyl (C=O) groups excluding carboxylic acids is 2. The van der Waals surface area contributed by atoms with Gasteiger partial charge in [0, 0.05) is 15.7 Å². The average molecular weight is 465 g/mol. The SMILES string of the molecule is Cc1ccc(C2=C(Nc3ccc(Cl)cc3C)C(=O)N(c3ccc(C)c(Cl)c3)C2=O)cc1C. The molecule has 1 N–H and O–H groups in total. The van der Waals surface area contributed by atoms with Crippen LogP contribution in [0.4, 0.5) is 11.4 Å². The van der Waals surface area contributed by atoms with Crippen molar-refractivity contribution < 1.29 is 9.59 Å². The number of rotatable bonds is 4. The fourth-order valence-corrected chi connectivity index (χ4v) is 4.07. The first-order chi connectivity index (χ1) is 15.2. The third-order valence-corrected chi connectivity index (χ3v) is 6.38. The van der Waals surface area contributed by atoms with E-state index in [9.17, 15) is 9.59 Å². The molecular weight excluding hydrogens is 443 g/mol. The van der Waals surface area contributed by atoms with Gasteiger partial charge in [0.1, 0.15) is 5.70 Å². The van der Waals surface area contributed by atoms with Crippen molar-refractivity contribution in [3.63, 3.8) is 0 Å². The van der Waals surface area contributed by atoms with Crippen LogP contribution in [-0.2, 0) is 9.59 Å². The molecule has 0 atom stereocenters. The van der Waals surface area contributed by atoms with E-state index in [4.69, 9.17) is 23.2 Å². The number of hydrogen-bond donors (Lipinski definition) is 1. The predicted octanol–water partition coefficient (Wildman–Crippen LogP) is 6.62. The zero-order valence-electron chi connectivity index (χ0n) is 18.2. The summed E-state index contributed by atoms with van der Waals surface area (Å²) in [7, 11) is 0. The van der Waals surface area contributed by atoms with Crippen LogP contribution in [0.15, 0.2) is 60.3 Å². The van der Waals surface area contributed by atoms with Crippen molar-refractivity contribution in [2.24, 2.45) is 0 Å². The van der Waals surface area contributed by atoms with Gasteiger partial charge in [-0.25, -0.2) is 4.90 Å². The third-order valence-electron chi connectivity index (χ3n) is 5.74. The Hall–Kier alpha value is -3.08. The number of benzene rings is 3. The van der Waals surface area contributed by atoms with E-state index < -0.39 is 11.8 Å². The molecule has 2 amide bonds. The maximum atomic E-state index is 13.6. The molecule has 4 rings (SSSR count). The first-order valence-corrected chi connectivity index (χ1v) is 10.9. The molecule has 0 saturated carbocycles. The van der Waals surface area contributed by atoms with Crippen LogP contribution in [0.3, 0.4) is 0 Å². The normalized spacial score (nSPS) is 13.9. The average Bonchev–Trinajstić information content (AvgIpc) is 2.98. The molecule has 6 heteroatoms. The lowest BCUT2D eigenvalue weighted by Gasteiger charge is -2.16. The van der Waals surface area contributed by atoms with E-state index in [1.165, 1.54) is 4.90 Å². The summed E-state index contributed by atoms with van der Waals surface area (Å²) in [6.45, 7) is 7.75. The van der Waals surface area contributed by atoms with Crippen LogP contribution < -0.4 is 10.2 Å². The number of halogens is 2. The van der Waals surface area contributed by atoms with E-state index in [2.05, 4.69) is 5.32 Å². The number of nitrogens with one attached hydrogen (secondary N) is 1. The molecular formula is C26H22Cl2N2O2. The smallest absolute Gasteiger partial charge is 0.282 e. The minimum absolute atomic E-state index is 0.223. The van der Waals surface area contributed by atoms with Crippen LogP contribution in [0.1, 0.15) is 27.8 Å². The second-order valence-electron chi connectivity index (χ2n) is 8.01. The number of nitrogens with zero attached hydrogens (tertiary/aromatic N) is 1. The second kappa shape index (κ2) is 8.45. The lowest BCUT2D eigenvalue weighted by Crippen LogP contribution is -2.32. The van der Waals surface area contributed by atoms with Gasteiger partial charge in [-0.3, -0.25) is 9.59 Å². The molecule has 1 heterocycles. The van der Waals surface area contributed by atoms with Gasteiger partial charge in [-0.15, -0.1) is 0 Å². The molecule has 3 aromatic rings. The van der Waals surface area contributed by atoms with Gasteiger partial charge in [0.15, 0.2) is 0 Å². The molecule has 0 fully saturated rings. The first-order valence-electron chi connectivity index (χ1n) is 10.2. The van der Waals surface area contributed by atoms with Crippen LogP contribution in [0.25, 0.3) is 5.57 Å². The van der Waals surface area contributed by atoms with Gasteiger partial charge in [-0.2, -0.15) is 0 Å². The van der Waals surface area contributed by atoms with Gasteiger partial charge in [0.25, 0.3) is 11.8 Å². The van der Waals surface area contributed by atoms with Gasteiger partial charge in [-0.05, 0) is 85.8 Å². The van der Waals surface area contributed by atoms with Crippen molar-refractivity contribution in [3.05, 3.63) is 98.2 Å². The summed E-state index contributed by atoms with van der Waals surface area (Å²) in [5.74, 6) is -0.829. The summed E-state index contributed by atoms with van der Waals surface area (Å²) in [6, 6.07) is 16.3. The Morgan fingerprint density at radius 1 is 0.719 bits per heavy atom. The van der Waals surface area contributed by atoms with Gasteiger partial charge in [-0.1, -0.05) is 47.5 Å². The van der Waals surface area contributed by atoms with Gasteiger partial charge < -0.3 is 5.32 Å². The third kappa shape index (κ3) is 3.92. The van der Waals surface area contributed by atoms with Crippen LogP contribution in [0.2, 0.25) is 10.0 Å². The van der Waals surface area contributed by atoms with E-state index in [0.717, 1.165) is 22.3 Å². The minimum atomic E-state index is -0.433. The Balaban J connectivity index is 1.87. The highest BCUT2D eigenvalue weighted by Gasteiger charge is 2.40. The Morgan fingerprint density at radius 3 is 2.09 bits per heavy atom. The molecule has 0 unspecified atom stereocenters. The molecule has 0 spiro atoms. The quantitative estimate of drug-likeness (QED) is 0.441. The fraction of sp³-hybridized carbons (Fsp3) is 0.154. The molecule has 4 nitrogen and oxygen atoms in total. The molecule has 32 heavy (non-hydrogen) atoms. The topological polar surface area (TPSA) is 49.4 Å². The summed E-state index contributed by atoms with van der Waals surface area (Å²) < 4.78 is 0. The fourth-order valence-electron chi connectivity index (χ4n) is 3.67. The van der Waals surface area contributed by atoms with Crippen LogP contribution in [-0.4, -0.2) is 11.8 Å². The lowest BCUT2D eigenvalue weighted by molar-refractivity contribution is -0.120. The first kappa shape index (κ1) is 22.1. The maximum Gasteiger partial charge on any atom is 0.282 e. The zero-order valence-corrected chi connectivity index (χ0v) is 19.7. The highest BCUT2D eigenvalue weighted by atomic mass is 35.5. The van der Waals surface area contributed by atoms with Crippen molar-refractivity contribution in [3.8, 4) is 0 Å². The number of amides is 2. The van der Waals surface area contributed by atoms with Gasteiger partial charge in [0.05, 0.1) is 11.3 Å². The summed E-state index contributed by atoms with van der Waals surface area (Å²) in [6.07, 6.45) is 0. The molecule has 0 bridgehead atoms. The molecule has 1 aliphatic rings.